The lowest BCUT2D eigenvalue weighted by molar-refractivity contribution is -0.116. The Morgan fingerprint density at radius 1 is 1.19 bits per heavy atom. The SMILES string of the molecule is CS(=O)(=O)N(CCC(=O)Nc1ccccc1C#N)Cc1ccc(F)cc1. The number of para-hydroxylation sites is 1. The maximum Gasteiger partial charge on any atom is 0.225 e. The molecule has 0 spiro atoms. The van der Waals surface area contributed by atoms with E-state index < -0.39 is 21.7 Å². The number of hydrogen-bond donors (Lipinski definition) is 1. The van der Waals surface area contributed by atoms with Crippen LogP contribution in [0.1, 0.15) is 17.5 Å². The predicted molar refractivity (Wildman–Crippen MR) is 96.1 cm³/mol. The summed E-state index contributed by atoms with van der Waals surface area (Å²) in [5.74, 6) is -0.810. The van der Waals surface area contributed by atoms with Crippen LogP contribution in [-0.4, -0.2) is 31.4 Å². The Balaban J connectivity index is 2.02. The van der Waals surface area contributed by atoms with Gasteiger partial charge in [0.2, 0.25) is 15.9 Å². The summed E-state index contributed by atoms with van der Waals surface area (Å²) in [7, 11) is -3.55. The highest BCUT2D eigenvalue weighted by Crippen LogP contribution is 2.15. The third kappa shape index (κ3) is 5.65. The molecule has 0 aliphatic carbocycles. The Bertz CT molecular complexity index is 921. The van der Waals surface area contributed by atoms with Crippen LogP contribution < -0.4 is 5.32 Å². The molecule has 6 nitrogen and oxygen atoms in total. The van der Waals surface area contributed by atoms with E-state index in [1.165, 1.54) is 24.3 Å². The predicted octanol–water partition coefficient (Wildman–Crippen LogP) is 2.49. The monoisotopic (exact) mass is 375 g/mol. The second-order valence-corrected chi connectivity index (χ2v) is 7.66. The summed E-state index contributed by atoms with van der Waals surface area (Å²) >= 11 is 0. The van der Waals surface area contributed by atoms with Crippen LogP contribution in [0, 0.1) is 17.1 Å². The lowest BCUT2D eigenvalue weighted by Gasteiger charge is -2.20. The standard InChI is InChI=1S/C18H18FN3O3S/c1-26(24,25)22(13-14-6-8-16(19)9-7-14)11-10-18(23)21-17-5-3-2-4-15(17)12-20/h2-9H,10-11,13H2,1H3,(H,21,23). The first-order chi connectivity index (χ1) is 12.3. The van der Waals surface area contributed by atoms with Crippen LogP contribution in [0.2, 0.25) is 0 Å². The first-order valence-corrected chi connectivity index (χ1v) is 9.63. The van der Waals surface area contributed by atoms with Gasteiger partial charge in [0.1, 0.15) is 11.9 Å². The fourth-order valence-corrected chi connectivity index (χ4v) is 3.09. The topological polar surface area (TPSA) is 90.3 Å². The molecule has 0 heterocycles. The third-order valence-electron chi connectivity index (χ3n) is 3.65. The van der Waals surface area contributed by atoms with Gasteiger partial charge in [-0.05, 0) is 29.8 Å². The molecule has 2 aromatic rings. The van der Waals surface area contributed by atoms with Gasteiger partial charge in [0.15, 0.2) is 0 Å². The van der Waals surface area contributed by atoms with Gasteiger partial charge in [-0.25, -0.2) is 12.8 Å². The molecule has 136 valence electrons. The van der Waals surface area contributed by atoms with Gasteiger partial charge in [0.05, 0.1) is 17.5 Å². The Morgan fingerprint density at radius 2 is 1.85 bits per heavy atom. The molecular formula is C18H18FN3O3S. The highest BCUT2D eigenvalue weighted by Gasteiger charge is 2.18. The number of carbonyl (C=O) groups is 1. The van der Waals surface area contributed by atoms with E-state index in [2.05, 4.69) is 5.32 Å². The molecule has 0 saturated carbocycles. The van der Waals surface area contributed by atoms with Crippen molar-refractivity contribution >= 4 is 21.6 Å². The minimum absolute atomic E-state index is 0.0310. The van der Waals surface area contributed by atoms with Crippen molar-refractivity contribution in [3.8, 4) is 6.07 Å². The molecule has 0 bridgehead atoms. The normalized spacial score (nSPS) is 11.2. The molecule has 8 heteroatoms. The van der Waals surface area contributed by atoms with Crippen LogP contribution in [-0.2, 0) is 21.4 Å². The molecule has 0 atom stereocenters. The summed E-state index contributed by atoms with van der Waals surface area (Å²) in [4.78, 5) is 12.1. The minimum Gasteiger partial charge on any atom is -0.325 e. The molecule has 2 rings (SSSR count). The molecule has 26 heavy (non-hydrogen) atoms. The van der Waals surface area contributed by atoms with Crippen molar-refractivity contribution in [1.29, 1.82) is 5.26 Å². The van der Waals surface area contributed by atoms with Crippen LogP contribution in [0.25, 0.3) is 0 Å². The van der Waals surface area contributed by atoms with Crippen molar-refractivity contribution in [3.63, 3.8) is 0 Å². The van der Waals surface area contributed by atoms with Crippen molar-refractivity contribution < 1.29 is 17.6 Å². The number of amides is 1. The van der Waals surface area contributed by atoms with Crippen molar-refractivity contribution in [2.24, 2.45) is 0 Å². The zero-order valence-electron chi connectivity index (χ0n) is 14.1. The lowest BCUT2D eigenvalue weighted by Crippen LogP contribution is -2.32. The Labute approximate surface area is 151 Å². The molecule has 1 amide bonds. The van der Waals surface area contributed by atoms with E-state index in [0.717, 1.165) is 10.6 Å². The van der Waals surface area contributed by atoms with Crippen LogP contribution in [0.15, 0.2) is 48.5 Å². The molecule has 0 aromatic heterocycles. The molecular weight excluding hydrogens is 357 g/mol. The van der Waals surface area contributed by atoms with Crippen molar-refractivity contribution in [2.75, 3.05) is 18.1 Å². The van der Waals surface area contributed by atoms with Crippen LogP contribution >= 0.6 is 0 Å². The number of nitriles is 1. The molecule has 0 radical (unpaired) electrons. The fraction of sp³-hybridized carbons (Fsp3) is 0.222. The number of rotatable bonds is 7. The molecule has 0 unspecified atom stereocenters. The van der Waals surface area contributed by atoms with E-state index in [4.69, 9.17) is 5.26 Å². The maximum atomic E-state index is 13.0. The number of anilines is 1. The van der Waals surface area contributed by atoms with Crippen LogP contribution in [0.3, 0.4) is 0 Å². The number of hydrogen-bond acceptors (Lipinski definition) is 4. The third-order valence-corrected chi connectivity index (χ3v) is 4.90. The quantitative estimate of drug-likeness (QED) is 0.805. The van der Waals surface area contributed by atoms with E-state index >= 15 is 0 Å². The molecule has 0 saturated heterocycles. The number of nitrogens with zero attached hydrogens (tertiary/aromatic N) is 2. The zero-order valence-corrected chi connectivity index (χ0v) is 15.0. The van der Waals surface area contributed by atoms with E-state index in [1.807, 2.05) is 6.07 Å². The number of benzene rings is 2. The van der Waals surface area contributed by atoms with Crippen LogP contribution in [0.5, 0.6) is 0 Å². The second kappa shape index (κ2) is 8.56. The minimum atomic E-state index is -3.55. The Kier molecular flexibility index (Phi) is 6.44. The molecule has 0 aliphatic rings. The summed E-state index contributed by atoms with van der Waals surface area (Å²) in [5, 5.41) is 11.6. The van der Waals surface area contributed by atoms with Gasteiger partial charge in [0, 0.05) is 19.5 Å². The largest absolute Gasteiger partial charge is 0.325 e. The Hall–Kier alpha value is -2.76. The van der Waals surface area contributed by atoms with Crippen molar-refractivity contribution in [2.45, 2.75) is 13.0 Å². The first-order valence-electron chi connectivity index (χ1n) is 7.78. The van der Waals surface area contributed by atoms with E-state index in [-0.39, 0.29) is 19.5 Å². The molecule has 2 aromatic carbocycles. The van der Waals surface area contributed by atoms with Crippen LogP contribution in [0.4, 0.5) is 10.1 Å². The van der Waals surface area contributed by atoms with Crippen molar-refractivity contribution in [3.05, 3.63) is 65.5 Å². The summed E-state index contributed by atoms with van der Waals surface area (Å²) in [6.45, 7) is 0.0118. The molecule has 0 fully saturated rings. The first kappa shape index (κ1) is 19.6. The molecule has 0 aliphatic heterocycles. The summed E-state index contributed by atoms with van der Waals surface area (Å²) in [6.07, 6.45) is 0.980. The summed E-state index contributed by atoms with van der Waals surface area (Å²) < 4.78 is 38.0. The summed E-state index contributed by atoms with van der Waals surface area (Å²) in [6, 6.07) is 14.0. The Morgan fingerprint density at radius 3 is 2.46 bits per heavy atom. The maximum absolute atomic E-state index is 13.0. The average molecular weight is 375 g/mol. The van der Waals surface area contributed by atoms with E-state index in [9.17, 15) is 17.6 Å². The van der Waals surface area contributed by atoms with E-state index in [1.54, 1.807) is 24.3 Å². The number of sulfonamides is 1. The average Bonchev–Trinajstić information content (AvgIpc) is 2.59. The van der Waals surface area contributed by atoms with Crippen molar-refractivity contribution in [1.82, 2.24) is 4.31 Å². The van der Waals surface area contributed by atoms with Gasteiger partial charge in [-0.3, -0.25) is 4.79 Å². The number of nitrogens with one attached hydrogen (secondary N) is 1. The van der Waals surface area contributed by atoms with Gasteiger partial charge in [-0.15, -0.1) is 0 Å². The number of carbonyl (C=O) groups excluding carboxylic acids is 1. The van der Waals surface area contributed by atoms with Gasteiger partial charge < -0.3 is 5.32 Å². The van der Waals surface area contributed by atoms with Gasteiger partial charge in [-0.1, -0.05) is 24.3 Å². The van der Waals surface area contributed by atoms with E-state index in [0.29, 0.717) is 16.8 Å². The fourth-order valence-electron chi connectivity index (χ4n) is 2.28. The highest BCUT2D eigenvalue weighted by molar-refractivity contribution is 7.88. The lowest BCUT2D eigenvalue weighted by atomic mass is 10.2. The number of halogens is 1. The summed E-state index contributed by atoms with van der Waals surface area (Å²) in [5.41, 5.74) is 1.32. The second-order valence-electron chi connectivity index (χ2n) is 5.68. The van der Waals surface area contributed by atoms with Gasteiger partial charge >= 0.3 is 0 Å². The highest BCUT2D eigenvalue weighted by atomic mass is 32.2. The molecule has 1 N–H and O–H groups in total. The smallest absolute Gasteiger partial charge is 0.225 e. The van der Waals surface area contributed by atoms with Gasteiger partial charge in [-0.2, -0.15) is 9.57 Å². The zero-order chi connectivity index (χ0) is 19.2. The van der Waals surface area contributed by atoms with Gasteiger partial charge in [0.25, 0.3) is 0 Å².